The highest BCUT2D eigenvalue weighted by atomic mass is 19.1. The maximum absolute atomic E-state index is 13.5. The molecule has 2 atom stereocenters. The van der Waals surface area contributed by atoms with Gasteiger partial charge < -0.3 is 15.2 Å². The number of hydrogen-bond donors (Lipinski definition) is 2. The minimum atomic E-state index is -0.988. The van der Waals surface area contributed by atoms with Crippen molar-refractivity contribution in [2.45, 2.75) is 19.1 Å². The lowest BCUT2D eigenvalue weighted by Crippen LogP contribution is -2.45. The number of rotatable bonds is 6. The van der Waals surface area contributed by atoms with Crippen molar-refractivity contribution in [3.63, 3.8) is 0 Å². The van der Waals surface area contributed by atoms with E-state index >= 15 is 0 Å². The molecule has 0 saturated carbocycles. The molecule has 0 aromatic heterocycles. The third kappa shape index (κ3) is 5.00. The third-order valence-electron chi connectivity index (χ3n) is 3.62. The Morgan fingerprint density at radius 3 is 2.71 bits per heavy atom. The molecule has 2 N–H and O–H groups in total. The molecule has 0 spiro atoms. The molecule has 1 aromatic rings. The molecule has 1 aliphatic rings. The molecule has 1 fully saturated rings. The SMILES string of the molecule is CC(CN1CCOCC1)NCC(O)c1ccc(F)cc1F. The van der Waals surface area contributed by atoms with Crippen LogP contribution in [0, 0.1) is 11.6 Å². The Hall–Kier alpha value is -1.08. The van der Waals surface area contributed by atoms with Gasteiger partial charge in [0.25, 0.3) is 0 Å². The van der Waals surface area contributed by atoms with E-state index in [4.69, 9.17) is 4.74 Å². The summed E-state index contributed by atoms with van der Waals surface area (Å²) in [7, 11) is 0. The van der Waals surface area contributed by atoms with E-state index < -0.39 is 17.7 Å². The smallest absolute Gasteiger partial charge is 0.131 e. The van der Waals surface area contributed by atoms with Gasteiger partial charge in [-0.25, -0.2) is 8.78 Å². The topological polar surface area (TPSA) is 44.7 Å². The number of aliphatic hydroxyl groups excluding tert-OH is 1. The van der Waals surface area contributed by atoms with Gasteiger partial charge in [0.05, 0.1) is 19.3 Å². The van der Waals surface area contributed by atoms with E-state index in [0.717, 1.165) is 45.0 Å². The van der Waals surface area contributed by atoms with Crippen molar-refractivity contribution in [1.29, 1.82) is 0 Å². The number of morpholine rings is 1. The fourth-order valence-electron chi connectivity index (χ4n) is 2.43. The van der Waals surface area contributed by atoms with Crippen LogP contribution in [0.5, 0.6) is 0 Å². The molecule has 0 bridgehead atoms. The lowest BCUT2D eigenvalue weighted by atomic mass is 10.1. The van der Waals surface area contributed by atoms with Crippen LogP contribution in [0.1, 0.15) is 18.6 Å². The molecule has 118 valence electrons. The maximum Gasteiger partial charge on any atom is 0.131 e. The second kappa shape index (κ2) is 7.79. The van der Waals surface area contributed by atoms with Crippen LogP contribution in [0.3, 0.4) is 0 Å². The van der Waals surface area contributed by atoms with E-state index in [0.29, 0.717) is 0 Å². The van der Waals surface area contributed by atoms with Crippen LogP contribution in [-0.4, -0.2) is 55.4 Å². The molecule has 6 heteroatoms. The summed E-state index contributed by atoms with van der Waals surface area (Å²) in [5.41, 5.74) is 0.113. The predicted molar refractivity (Wildman–Crippen MR) is 76.0 cm³/mol. The van der Waals surface area contributed by atoms with E-state index in [1.165, 1.54) is 6.07 Å². The van der Waals surface area contributed by atoms with Gasteiger partial charge in [-0.05, 0) is 13.0 Å². The molecule has 2 unspecified atom stereocenters. The fraction of sp³-hybridized carbons (Fsp3) is 0.600. The van der Waals surface area contributed by atoms with E-state index in [-0.39, 0.29) is 18.2 Å². The van der Waals surface area contributed by atoms with Gasteiger partial charge in [-0.15, -0.1) is 0 Å². The highest BCUT2D eigenvalue weighted by Gasteiger charge is 2.17. The summed E-state index contributed by atoms with van der Waals surface area (Å²) < 4.78 is 31.7. The summed E-state index contributed by atoms with van der Waals surface area (Å²) in [6.45, 7) is 6.40. The van der Waals surface area contributed by atoms with Gasteiger partial charge in [0.2, 0.25) is 0 Å². The lowest BCUT2D eigenvalue weighted by molar-refractivity contribution is 0.0336. The van der Waals surface area contributed by atoms with Crippen molar-refractivity contribution in [2.24, 2.45) is 0 Å². The standard InChI is InChI=1S/C15H22F2N2O2/c1-11(10-19-4-6-21-7-5-19)18-9-15(20)13-3-2-12(16)8-14(13)17/h2-3,8,11,15,18,20H,4-7,9-10H2,1H3. The van der Waals surface area contributed by atoms with Crippen molar-refractivity contribution in [2.75, 3.05) is 39.4 Å². The van der Waals surface area contributed by atoms with Crippen LogP contribution in [-0.2, 0) is 4.74 Å². The Bertz CT molecular complexity index is 453. The summed E-state index contributed by atoms with van der Waals surface area (Å²) in [6, 6.07) is 3.39. The Balaban J connectivity index is 1.78. The van der Waals surface area contributed by atoms with E-state index in [9.17, 15) is 13.9 Å². The minimum absolute atomic E-state index is 0.113. The largest absolute Gasteiger partial charge is 0.387 e. The molecule has 0 amide bonds. The fourth-order valence-corrected chi connectivity index (χ4v) is 2.43. The Morgan fingerprint density at radius 1 is 1.33 bits per heavy atom. The van der Waals surface area contributed by atoms with Crippen molar-refractivity contribution >= 4 is 0 Å². The zero-order chi connectivity index (χ0) is 15.2. The minimum Gasteiger partial charge on any atom is -0.387 e. The summed E-state index contributed by atoms with van der Waals surface area (Å²) in [5, 5.41) is 13.2. The second-order valence-electron chi connectivity index (χ2n) is 5.40. The molecular weight excluding hydrogens is 278 g/mol. The third-order valence-corrected chi connectivity index (χ3v) is 3.62. The monoisotopic (exact) mass is 300 g/mol. The predicted octanol–water partition coefficient (Wildman–Crippen LogP) is 1.31. The molecule has 21 heavy (non-hydrogen) atoms. The van der Waals surface area contributed by atoms with Crippen molar-refractivity contribution < 1.29 is 18.6 Å². The first kappa shape index (κ1) is 16.3. The Kier molecular flexibility index (Phi) is 6.05. The number of halogens is 2. The molecule has 4 nitrogen and oxygen atoms in total. The number of nitrogens with one attached hydrogen (secondary N) is 1. The van der Waals surface area contributed by atoms with Crippen LogP contribution in [0.15, 0.2) is 18.2 Å². The van der Waals surface area contributed by atoms with Gasteiger partial charge in [0.15, 0.2) is 0 Å². The number of aliphatic hydroxyl groups is 1. The first-order valence-corrected chi connectivity index (χ1v) is 7.22. The Morgan fingerprint density at radius 2 is 2.05 bits per heavy atom. The quantitative estimate of drug-likeness (QED) is 0.831. The average molecular weight is 300 g/mol. The molecule has 0 aliphatic carbocycles. The number of benzene rings is 1. The van der Waals surface area contributed by atoms with Gasteiger partial charge in [-0.3, -0.25) is 4.90 Å². The van der Waals surface area contributed by atoms with Gasteiger partial charge in [0.1, 0.15) is 11.6 Å². The molecule has 1 aliphatic heterocycles. The first-order valence-electron chi connectivity index (χ1n) is 7.22. The van der Waals surface area contributed by atoms with Crippen LogP contribution in [0.2, 0.25) is 0 Å². The first-order chi connectivity index (χ1) is 10.1. The van der Waals surface area contributed by atoms with Crippen LogP contribution >= 0.6 is 0 Å². The molecular formula is C15H22F2N2O2. The number of ether oxygens (including phenoxy) is 1. The molecule has 0 radical (unpaired) electrons. The summed E-state index contributed by atoms with van der Waals surface area (Å²) in [6.07, 6.45) is -0.988. The van der Waals surface area contributed by atoms with Crippen LogP contribution in [0.4, 0.5) is 8.78 Å². The summed E-state index contributed by atoms with van der Waals surface area (Å²) in [4.78, 5) is 2.28. The van der Waals surface area contributed by atoms with Gasteiger partial charge in [-0.1, -0.05) is 6.07 Å². The number of nitrogens with zero attached hydrogens (tertiary/aromatic N) is 1. The van der Waals surface area contributed by atoms with Crippen LogP contribution < -0.4 is 5.32 Å². The van der Waals surface area contributed by atoms with Crippen molar-refractivity contribution in [3.8, 4) is 0 Å². The molecule has 2 rings (SSSR count). The lowest BCUT2D eigenvalue weighted by Gasteiger charge is -2.29. The van der Waals surface area contributed by atoms with Crippen molar-refractivity contribution in [1.82, 2.24) is 10.2 Å². The zero-order valence-electron chi connectivity index (χ0n) is 12.2. The number of hydrogen-bond acceptors (Lipinski definition) is 4. The van der Waals surface area contributed by atoms with E-state index in [2.05, 4.69) is 10.2 Å². The highest BCUT2D eigenvalue weighted by molar-refractivity contribution is 5.21. The van der Waals surface area contributed by atoms with Gasteiger partial charge in [-0.2, -0.15) is 0 Å². The zero-order valence-corrected chi connectivity index (χ0v) is 12.2. The highest BCUT2D eigenvalue weighted by Crippen LogP contribution is 2.17. The normalized spacial score (nSPS) is 19.4. The summed E-state index contributed by atoms with van der Waals surface area (Å²) >= 11 is 0. The Labute approximate surface area is 123 Å². The molecule has 1 aromatic carbocycles. The van der Waals surface area contributed by atoms with Crippen LogP contribution in [0.25, 0.3) is 0 Å². The van der Waals surface area contributed by atoms with E-state index in [1.54, 1.807) is 0 Å². The molecule has 1 heterocycles. The van der Waals surface area contributed by atoms with Gasteiger partial charge >= 0.3 is 0 Å². The average Bonchev–Trinajstić information content (AvgIpc) is 2.46. The summed E-state index contributed by atoms with van der Waals surface area (Å²) in [5.74, 6) is -1.36. The van der Waals surface area contributed by atoms with E-state index in [1.807, 2.05) is 6.92 Å². The second-order valence-corrected chi connectivity index (χ2v) is 5.40. The maximum atomic E-state index is 13.5. The van der Waals surface area contributed by atoms with Crippen molar-refractivity contribution in [3.05, 3.63) is 35.4 Å². The molecule has 1 saturated heterocycles. The van der Waals surface area contributed by atoms with Gasteiger partial charge in [0, 0.05) is 43.9 Å².